The van der Waals surface area contributed by atoms with E-state index in [4.69, 9.17) is 0 Å². The molecule has 0 aliphatic heterocycles. The van der Waals surface area contributed by atoms with Crippen LogP contribution in [0.4, 0.5) is 0 Å². The second-order valence-corrected chi connectivity index (χ2v) is 7.65. The highest BCUT2D eigenvalue weighted by atomic mass is 32.2. The topological polar surface area (TPSA) is 29.9 Å². The first kappa shape index (κ1) is 15.6. The lowest BCUT2D eigenvalue weighted by molar-refractivity contribution is 0.548. The van der Waals surface area contributed by atoms with Gasteiger partial charge in [0.25, 0.3) is 0 Å². The van der Waals surface area contributed by atoms with E-state index < -0.39 is 0 Å². The molecule has 1 N–H and O–H groups in total. The van der Waals surface area contributed by atoms with Crippen LogP contribution < -0.4 is 5.32 Å². The third kappa shape index (κ3) is 6.45. The molecule has 1 heterocycles. The van der Waals surface area contributed by atoms with Crippen LogP contribution in [0, 0.1) is 0 Å². The van der Waals surface area contributed by atoms with Crippen molar-refractivity contribution in [1.82, 2.24) is 15.1 Å². The number of rotatable bonds is 7. The van der Waals surface area contributed by atoms with E-state index in [1.165, 1.54) is 12.0 Å². The standard InChI is InChI=1S/C14H27N3S/c1-6-7-15-13(11-18-14(2,3)4)8-12-9-16-17(5)10-12/h9-10,13,15H,6-8,11H2,1-5H3. The molecule has 3 nitrogen and oxygen atoms in total. The number of nitrogens with zero attached hydrogens (tertiary/aromatic N) is 2. The van der Waals surface area contributed by atoms with Crippen LogP contribution in [0.2, 0.25) is 0 Å². The highest BCUT2D eigenvalue weighted by molar-refractivity contribution is 8.00. The predicted octanol–water partition coefficient (Wildman–Crippen LogP) is 2.86. The smallest absolute Gasteiger partial charge is 0.0522 e. The molecule has 1 atom stereocenters. The van der Waals surface area contributed by atoms with Gasteiger partial charge in [-0.25, -0.2) is 0 Å². The van der Waals surface area contributed by atoms with Gasteiger partial charge in [-0.1, -0.05) is 27.7 Å². The first-order valence-corrected chi connectivity index (χ1v) is 7.74. The molecule has 18 heavy (non-hydrogen) atoms. The van der Waals surface area contributed by atoms with E-state index in [1.54, 1.807) is 0 Å². The Balaban J connectivity index is 2.49. The summed E-state index contributed by atoms with van der Waals surface area (Å²) in [6.45, 7) is 10.1. The lowest BCUT2D eigenvalue weighted by Gasteiger charge is -2.23. The summed E-state index contributed by atoms with van der Waals surface area (Å²) in [5.41, 5.74) is 1.32. The molecule has 0 spiro atoms. The van der Waals surface area contributed by atoms with Crippen LogP contribution in [-0.2, 0) is 13.5 Å². The Morgan fingerprint density at radius 2 is 2.17 bits per heavy atom. The summed E-state index contributed by atoms with van der Waals surface area (Å²) in [5.74, 6) is 1.15. The normalized spacial score (nSPS) is 13.8. The summed E-state index contributed by atoms with van der Waals surface area (Å²) >= 11 is 2.03. The minimum Gasteiger partial charge on any atom is -0.313 e. The molecule has 104 valence electrons. The van der Waals surface area contributed by atoms with E-state index in [0.717, 1.165) is 18.7 Å². The van der Waals surface area contributed by atoms with Gasteiger partial charge < -0.3 is 5.32 Å². The molecule has 0 saturated carbocycles. The van der Waals surface area contributed by atoms with Crippen LogP contribution in [-0.4, -0.2) is 32.9 Å². The Morgan fingerprint density at radius 3 is 2.67 bits per heavy atom. The number of hydrogen-bond acceptors (Lipinski definition) is 3. The molecule has 4 heteroatoms. The Morgan fingerprint density at radius 1 is 1.44 bits per heavy atom. The highest BCUT2D eigenvalue weighted by Crippen LogP contribution is 2.24. The predicted molar refractivity (Wildman–Crippen MR) is 81.2 cm³/mol. The van der Waals surface area contributed by atoms with Gasteiger partial charge in [-0.15, -0.1) is 0 Å². The van der Waals surface area contributed by atoms with Crippen molar-refractivity contribution in [2.24, 2.45) is 7.05 Å². The fourth-order valence-corrected chi connectivity index (χ4v) is 2.69. The summed E-state index contributed by atoms with van der Waals surface area (Å²) in [4.78, 5) is 0. The van der Waals surface area contributed by atoms with E-state index in [1.807, 2.05) is 29.7 Å². The second kappa shape index (κ2) is 7.19. The van der Waals surface area contributed by atoms with Crippen LogP contribution in [0.5, 0.6) is 0 Å². The van der Waals surface area contributed by atoms with Gasteiger partial charge in [0, 0.05) is 29.8 Å². The molecule has 0 amide bonds. The molecule has 1 rings (SSSR count). The van der Waals surface area contributed by atoms with Crippen molar-refractivity contribution >= 4 is 11.8 Å². The van der Waals surface area contributed by atoms with Gasteiger partial charge in [0.15, 0.2) is 0 Å². The average molecular weight is 269 g/mol. The van der Waals surface area contributed by atoms with Crippen LogP contribution in [0.15, 0.2) is 12.4 Å². The van der Waals surface area contributed by atoms with Crippen molar-refractivity contribution in [3.63, 3.8) is 0 Å². The third-order valence-corrected chi connectivity index (χ3v) is 4.08. The third-order valence-electron chi connectivity index (χ3n) is 2.64. The SMILES string of the molecule is CCCNC(CSC(C)(C)C)Cc1cnn(C)c1. The molecule has 0 aliphatic rings. The summed E-state index contributed by atoms with van der Waals surface area (Å²) in [7, 11) is 1.97. The first-order chi connectivity index (χ1) is 8.40. The second-order valence-electron chi connectivity index (χ2n) is 5.80. The zero-order chi connectivity index (χ0) is 13.6. The molecule has 0 aliphatic carbocycles. The van der Waals surface area contributed by atoms with E-state index >= 15 is 0 Å². The van der Waals surface area contributed by atoms with Crippen LogP contribution >= 0.6 is 11.8 Å². The zero-order valence-corrected chi connectivity index (χ0v) is 13.2. The number of nitrogens with one attached hydrogen (secondary N) is 1. The fourth-order valence-electron chi connectivity index (χ4n) is 1.75. The van der Waals surface area contributed by atoms with E-state index in [2.05, 4.69) is 44.3 Å². The molecule has 1 unspecified atom stereocenters. The molecule has 1 aromatic rings. The quantitative estimate of drug-likeness (QED) is 0.825. The maximum atomic E-state index is 4.24. The lowest BCUT2D eigenvalue weighted by Crippen LogP contribution is -2.35. The van der Waals surface area contributed by atoms with E-state index in [9.17, 15) is 0 Å². The Labute approximate surface area is 116 Å². The maximum Gasteiger partial charge on any atom is 0.0522 e. The zero-order valence-electron chi connectivity index (χ0n) is 12.4. The highest BCUT2D eigenvalue weighted by Gasteiger charge is 2.16. The van der Waals surface area contributed by atoms with Crippen molar-refractivity contribution < 1.29 is 0 Å². The molecule has 0 saturated heterocycles. The van der Waals surface area contributed by atoms with Gasteiger partial charge >= 0.3 is 0 Å². The minimum atomic E-state index is 0.334. The van der Waals surface area contributed by atoms with Crippen molar-refractivity contribution in [2.75, 3.05) is 12.3 Å². The average Bonchev–Trinajstić information content (AvgIpc) is 2.67. The van der Waals surface area contributed by atoms with Gasteiger partial charge in [-0.05, 0) is 24.9 Å². The Kier molecular flexibility index (Phi) is 6.22. The first-order valence-electron chi connectivity index (χ1n) is 6.75. The number of thioether (sulfide) groups is 1. The van der Waals surface area contributed by atoms with E-state index in [0.29, 0.717) is 10.8 Å². The van der Waals surface area contributed by atoms with Gasteiger partial charge in [-0.3, -0.25) is 4.68 Å². The summed E-state index contributed by atoms with van der Waals surface area (Å²) in [6, 6.07) is 0.540. The Hall–Kier alpha value is -0.480. The van der Waals surface area contributed by atoms with Gasteiger partial charge in [0.2, 0.25) is 0 Å². The molecule has 0 bridgehead atoms. The van der Waals surface area contributed by atoms with Crippen molar-refractivity contribution in [3.8, 4) is 0 Å². The van der Waals surface area contributed by atoms with Crippen LogP contribution in [0.25, 0.3) is 0 Å². The lowest BCUT2D eigenvalue weighted by atomic mass is 10.1. The summed E-state index contributed by atoms with van der Waals surface area (Å²) in [5, 5.41) is 7.88. The molecular formula is C14H27N3S. The van der Waals surface area contributed by atoms with Crippen molar-refractivity contribution in [1.29, 1.82) is 0 Å². The van der Waals surface area contributed by atoms with Gasteiger partial charge in [-0.2, -0.15) is 16.9 Å². The molecule has 1 aromatic heterocycles. The monoisotopic (exact) mass is 269 g/mol. The van der Waals surface area contributed by atoms with Crippen molar-refractivity contribution in [3.05, 3.63) is 18.0 Å². The van der Waals surface area contributed by atoms with Crippen molar-refractivity contribution in [2.45, 2.75) is 51.3 Å². The summed E-state index contributed by atoms with van der Waals surface area (Å²) < 4.78 is 2.21. The van der Waals surface area contributed by atoms with Crippen LogP contribution in [0.1, 0.15) is 39.7 Å². The van der Waals surface area contributed by atoms with Gasteiger partial charge in [0.1, 0.15) is 0 Å². The fraction of sp³-hybridized carbons (Fsp3) is 0.786. The summed E-state index contributed by atoms with van der Waals surface area (Å²) in [6.07, 6.45) is 6.34. The number of hydrogen-bond donors (Lipinski definition) is 1. The maximum absolute atomic E-state index is 4.24. The Bertz CT molecular complexity index is 341. The molecule has 0 fully saturated rings. The van der Waals surface area contributed by atoms with Gasteiger partial charge in [0.05, 0.1) is 6.20 Å². The molecule has 0 aromatic carbocycles. The number of aromatic nitrogens is 2. The number of aryl methyl sites for hydroxylation is 1. The minimum absolute atomic E-state index is 0.334. The van der Waals surface area contributed by atoms with E-state index in [-0.39, 0.29) is 0 Å². The largest absolute Gasteiger partial charge is 0.313 e. The van der Waals surface area contributed by atoms with Crippen LogP contribution in [0.3, 0.4) is 0 Å². The molecular weight excluding hydrogens is 242 g/mol. The molecule has 0 radical (unpaired) electrons.